The van der Waals surface area contributed by atoms with Crippen LogP contribution in [0.15, 0.2) is 0 Å². The largest absolute Gasteiger partial charge is 0.359 e. The highest BCUT2D eigenvalue weighted by Gasteiger charge is 2.49. The van der Waals surface area contributed by atoms with E-state index in [2.05, 4.69) is 4.90 Å². The SMILES string of the molecule is CC(Cl)(Cl)N1CCOC12CCCCC2. The van der Waals surface area contributed by atoms with Crippen molar-refractivity contribution in [1.29, 1.82) is 0 Å². The van der Waals surface area contributed by atoms with Crippen LogP contribution in [0.4, 0.5) is 0 Å². The zero-order valence-corrected chi connectivity index (χ0v) is 10.1. The van der Waals surface area contributed by atoms with Crippen molar-refractivity contribution in [3.8, 4) is 0 Å². The summed E-state index contributed by atoms with van der Waals surface area (Å²) >= 11 is 12.3. The minimum Gasteiger partial charge on any atom is -0.359 e. The number of halogens is 2. The van der Waals surface area contributed by atoms with Crippen LogP contribution in [0.1, 0.15) is 39.0 Å². The molecule has 14 heavy (non-hydrogen) atoms. The molecule has 4 heteroatoms. The zero-order valence-electron chi connectivity index (χ0n) is 8.56. The lowest BCUT2D eigenvalue weighted by Gasteiger charge is -2.44. The Morgan fingerprint density at radius 2 is 1.86 bits per heavy atom. The lowest BCUT2D eigenvalue weighted by molar-refractivity contribution is -0.115. The summed E-state index contributed by atoms with van der Waals surface area (Å²) in [5.74, 6) is 0. The summed E-state index contributed by atoms with van der Waals surface area (Å²) < 4.78 is 5.08. The fourth-order valence-electron chi connectivity index (χ4n) is 2.68. The molecule has 0 aromatic rings. The summed E-state index contributed by atoms with van der Waals surface area (Å²) in [5, 5.41) is 0. The van der Waals surface area contributed by atoms with Crippen LogP contribution in [0.5, 0.6) is 0 Å². The van der Waals surface area contributed by atoms with Gasteiger partial charge in [-0.15, -0.1) is 0 Å². The first-order chi connectivity index (χ1) is 6.55. The minimum atomic E-state index is -0.798. The fourth-order valence-corrected chi connectivity index (χ4v) is 3.16. The van der Waals surface area contributed by atoms with Crippen molar-refractivity contribution < 1.29 is 4.74 Å². The molecule has 0 N–H and O–H groups in total. The van der Waals surface area contributed by atoms with Gasteiger partial charge in [0.15, 0.2) is 4.46 Å². The Bertz CT molecular complexity index is 209. The van der Waals surface area contributed by atoms with E-state index in [0.717, 1.165) is 26.0 Å². The summed E-state index contributed by atoms with van der Waals surface area (Å²) in [4.78, 5) is 2.11. The van der Waals surface area contributed by atoms with Crippen LogP contribution in [-0.4, -0.2) is 28.2 Å². The van der Waals surface area contributed by atoms with Gasteiger partial charge in [-0.05, 0) is 32.6 Å². The zero-order chi connectivity index (χ0) is 10.2. The van der Waals surface area contributed by atoms with Gasteiger partial charge in [-0.1, -0.05) is 29.6 Å². The van der Waals surface area contributed by atoms with Crippen molar-refractivity contribution in [2.45, 2.75) is 49.2 Å². The van der Waals surface area contributed by atoms with Crippen molar-refractivity contribution in [3.63, 3.8) is 0 Å². The normalized spacial score (nSPS) is 28.5. The maximum absolute atomic E-state index is 6.17. The first-order valence-corrected chi connectivity index (χ1v) is 6.10. The van der Waals surface area contributed by atoms with E-state index < -0.39 is 4.46 Å². The van der Waals surface area contributed by atoms with E-state index in [1.54, 1.807) is 0 Å². The number of ether oxygens (including phenoxy) is 1. The number of nitrogens with zero attached hydrogens (tertiary/aromatic N) is 1. The Kier molecular flexibility index (Phi) is 3.00. The lowest BCUT2D eigenvalue weighted by atomic mass is 9.91. The van der Waals surface area contributed by atoms with E-state index in [0.29, 0.717) is 0 Å². The molecule has 0 atom stereocenters. The minimum absolute atomic E-state index is 0.156. The van der Waals surface area contributed by atoms with Crippen molar-refractivity contribution in [2.24, 2.45) is 0 Å². The number of hydrogen-bond donors (Lipinski definition) is 0. The second-order valence-corrected chi connectivity index (χ2v) is 6.01. The van der Waals surface area contributed by atoms with E-state index in [1.807, 2.05) is 6.92 Å². The number of hydrogen-bond acceptors (Lipinski definition) is 2. The van der Waals surface area contributed by atoms with Crippen molar-refractivity contribution in [1.82, 2.24) is 4.90 Å². The molecular weight excluding hydrogens is 221 g/mol. The smallest absolute Gasteiger partial charge is 0.170 e. The third-order valence-electron chi connectivity index (χ3n) is 3.29. The summed E-state index contributed by atoms with van der Waals surface area (Å²) in [7, 11) is 0. The molecule has 2 fully saturated rings. The highest BCUT2D eigenvalue weighted by Crippen LogP contribution is 2.44. The molecule has 0 aromatic heterocycles. The molecule has 1 aliphatic heterocycles. The monoisotopic (exact) mass is 237 g/mol. The molecular formula is C10H17Cl2NO. The summed E-state index contributed by atoms with van der Waals surface area (Å²) in [5.41, 5.74) is -0.156. The van der Waals surface area contributed by atoms with E-state index >= 15 is 0 Å². The molecule has 2 rings (SSSR count). The van der Waals surface area contributed by atoms with E-state index in [-0.39, 0.29) is 5.72 Å². The molecule has 0 amide bonds. The molecule has 0 bridgehead atoms. The molecule has 1 aliphatic carbocycles. The Labute approximate surface area is 95.5 Å². The molecule has 1 heterocycles. The van der Waals surface area contributed by atoms with E-state index in [4.69, 9.17) is 27.9 Å². The molecule has 1 spiro atoms. The van der Waals surface area contributed by atoms with E-state index in [9.17, 15) is 0 Å². The summed E-state index contributed by atoms with van der Waals surface area (Å²) in [6.07, 6.45) is 5.89. The molecule has 0 unspecified atom stereocenters. The first-order valence-electron chi connectivity index (χ1n) is 5.34. The predicted molar refractivity (Wildman–Crippen MR) is 58.6 cm³/mol. The van der Waals surface area contributed by atoms with Crippen molar-refractivity contribution in [3.05, 3.63) is 0 Å². The van der Waals surface area contributed by atoms with Crippen LogP contribution < -0.4 is 0 Å². The van der Waals surface area contributed by atoms with Gasteiger partial charge in [-0.3, -0.25) is 0 Å². The molecule has 0 aromatic carbocycles. The Balaban J connectivity index is 2.16. The Hall–Kier alpha value is 0.500. The van der Waals surface area contributed by atoms with Crippen LogP contribution in [-0.2, 0) is 4.74 Å². The van der Waals surface area contributed by atoms with Gasteiger partial charge in [-0.25, -0.2) is 4.90 Å². The quantitative estimate of drug-likeness (QED) is 0.514. The third kappa shape index (κ3) is 1.90. The van der Waals surface area contributed by atoms with Crippen molar-refractivity contribution >= 4 is 23.2 Å². The third-order valence-corrected chi connectivity index (χ3v) is 3.69. The average Bonchev–Trinajstić information content (AvgIpc) is 2.49. The van der Waals surface area contributed by atoms with Gasteiger partial charge in [0.1, 0.15) is 5.72 Å². The van der Waals surface area contributed by atoms with Gasteiger partial charge in [0.05, 0.1) is 6.61 Å². The van der Waals surface area contributed by atoms with Gasteiger partial charge < -0.3 is 4.74 Å². The van der Waals surface area contributed by atoms with Crippen LogP contribution in [0.25, 0.3) is 0 Å². The summed E-state index contributed by atoms with van der Waals surface area (Å²) in [6.45, 7) is 3.44. The molecule has 0 radical (unpaired) electrons. The first kappa shape index (κ1) is 11.0. The van der Waals surface area contributed by atoms with Gasteiger partial charge >= 0.3 is 0 Å². The van der Waals surface area contributed by atoms with E-state index in [1.165, 1.54) is 19.3 Å². The van der Waals surface area contributed by atoms with Gasteiger partial charge in [-0.2, -0.15) is 0 Å². The molecule has 1 saturated heterocycles. The molecule has 82 valence electrons. The Morgan fingerprint density at radius 1 is 1.21 bits per heavy atom. The predicted octanol–water partition coefficient (Wildman–Crippen LogP) is 3.13. The fraction of sp³-hybridized carbons (Fsp3) is 1.00. The maximum Gasteiger partial charge on any atom is 0.170 e. The van der Waals surface area contributed by atoms with Crippen LogP contribution in [0.3, 0.4) is 0 Å². The van der Waals surface area contributed by atoms with Crippen LogP contribution in [0, 0.1) is 0 Å². The summed E-state index contributed by atoms with van der Waals surface area (Å²) in [6, 6.07) is 0. The molecule has 2 nitrogen and oxygen atoms in total. The number of alkyl halides is 2. The lowest BCUT2D eigenvalue weighted by Crippen LogP contribution is -2.52. The van der Waals surface area contributed by atoms with Crippen LogP contribution >= 0.6 is 23.2 Å². The molecule has 1 saturated carbocycles. The second kappa shape index (κ2) is 3.82. The average molecular weight is 238 g/mol. The van der Waals surface area contributed by atoms with Gasteiger partial charge in [0, 0.05) is 6.54 Å². The van der Waals surface area contributed by atoms with Crippen molar-refractivity contribution in [2.75, 3.05) is 13.2 Å². The van der Waals surface area contributed by atoms with Gasteiger partial charge in [0.25, 0.3) is 0 Å². The second-order valence-electron chi connectivity index (χ2n) is 4.35. The molecule has 2 aliphatic rings. The van der Waals surface area contributed by atoms with Crippen LogP contribution in [0.2, 0.25) is 0 Å². The maximum atomic E-state index is 6.17. The standard InChI is InChI=1S/C10H17Cl2NO/c1-9(11,12)13-7-8-14-10(13)5-3-2-4-6-10/h2-8H2,1H3. The van der Waals surface area contributed by atoms with Gasteiger partial charge in [0.2, 0.25) is 0 Å². The Morgan fingerprint density at radius 3 is 2.43 bits per heavy atom. The topological polar surface area (TPSA) is 12.5 Å². The number of rotatable bonds is 1. The highest BCUT2D eigenvalue weighted by molar-refractivity contribution is 6.47. The highest BCUT2D eigenvalue weighted by atomic mass is 35.5.